The molecule has 0 radical (unpaired) electrons. The van der Waals surface area contributed by atoms with Crippen molar-refractivity contribution in [2.24, 2.45) is 7.05 Å². The summed E-state index contributed by atoms with van der Waals surface area (Å²) in [7, 11) is 3.53. The molecule has 0 aliphatic rings. The number of nitrogens with zero attached hydrogens (tertiary/aromatic N) is 3. The number of methoxy groups -OCH3 is 1. The van der Waals surface area contributed by atoms with E-state index in [-0.39, 0.29) is 11.7 Å². The summed E-state index contributed by atoms with van der Waals surface area (Å²) < 4.78 is 7.20. The van der Waals surface area contributed by atoms with Crippen molar-refractivity contribution in [3.63, 3.8) is 0 Å². The Bertz CT molecular complexity index is 944. The van der Waals surface area contributed by atoms with E-state index in [1.807, 2.05) is 60.1 Å². The Kier molecular flexibility index (Phi) is 6.95. The summed E-state index contributed by atoms with van der Waals surface area (Å²) in [4.78, 5) is 12.2. The van der Waals surface area contributed by atoms with Crippen molar-refractivity contribution in [1.29, 1.82) is 0 Å². The monoisotopic (exact) mass is 416 g/mol. The Morgan fingerprint density at radius 2 is 1.93 bits per heavy atom. The predicted molar refractivity (Wildman–Crippen MR) is 112 cm³/mol. The summed E-state index contributed by atoms with van der Waals surface area (Å²) in [5.41, 5.74) is 1.99. The van der Waals surface area contributed by atoms with Crippen molar-refractivity contribution >= 4 is 29.3 Å². The maximum Gasteiger partial charge on any atom is 0.230 e. The van der Waals surface area contributed by atoms with E-state index in [0.29, 0.717) is 23.1 Å². The average Bonchev–Trinajstić information content (AvgIpc) is 3.08. The number of para-hydroxylation sites is 1. The van der Waals surface area contributed by atoms with E-state index in [9.17, 15) is 4.79 Å². The molecular formula is C20H21ClN4O2S. The van der Waals surface area contributed by atoms with Gasteiger partial charge in [0, 0.05) is 24.2 Å². The van der Waals surface area contributed by atoms with Gasteiger partial charge in [0.15, 0.2) is 11.0 Å². The van der Waals surface area contributed by atoms with Crippen LogP contribution in [0.25, 0.3) is 11.4 Å². The van der Waals surface area contributed by atoms with E-state index >= 15 is 0 Å². The second-order valence-electron chi connectivity index (χ2n) is 6.07. The molecule has 0 fully saturated rings. The highest BCUT2D eigenvalue weighted by atomic mass is 35.5. The van der Waals surface area contributed by atoms with Gasteiger partial charge < -0.3 is 14.6 Å². The van der Waals surface area contributed by atoms with E-state index < -0.39 is 0 Å². The fourth-order valence-corrected chi connectivity index (χ4v) is 3.59. The number of rotatable bonds is 8. The van der Waals surface area contributed by atoms with Crippen LogP contribution in [-0.2, 0) is 18.3 Å². The minimum atomic E-state index is -0.0454. The van der Waals surface area contributed by atoms with Crippen LogP contribution >= 0.6 is 23.4 Å². The normalized spacial score (nSPS) is 10.7. The largest absolute Gasteiger partial charge is 0.496 e. The van der Waals surface area contributed by atoms with Crippen LogP contribution in [0.1, 0.15) is 5.56 Å². The SMILES string of the molecule is COc1ccccc1CCNC(=O)CSc1nnc(-c2ccc(Cl)cc2)n1C. The quantitative estimate of drug-likeness (QED) is 0.568. The van der Waals surface area contributed by atoms with Crippen molar-refractivity contribution in [3.8, 4) is 17.1 Å². The number of benzene rings is 2. The third kappa shape index (κ3) is 5.05. The molecule has 2 aromatic carbocycles. The third-order valence-corrected chi connectivity index (χ3v) is 5.45. The molecule has 146 valence electrons. The molecule has 28 heavy (non-hydrogen) atoms. The van der Waals surface area contributed by atoms with Gasteiger partial charge in [0.25, 0.3) is 0 Å². The van der Waals surface area contributed by atoms with Crippen LogP contribution in [0.3, 0.4) is 0 Å². The van der Waals surface area contributed by atoms with Gasteiger partial charge in [-0.1, -0.05) is 41.6 Å². The number of carbonyl (C=O) groups excluding carboxylic acids is 1. The minimum absolute atomic E-state index is 0.0454. The predicted octanol–water partition coefficient (Wildman–Crippen LogP) is 3.60. The van der Waals surface area contributed by atoms with E-state index in [0.717, 1.165) is 22.7 Å². The van der Waals surface area contributed by atoms with Crippen molar-refractivity contribution in [2.45, 2.75) is 11.6 Å². The molecule has 0 aliphatic carbocycles. The van der Waals surface area contributed by atoms with Crippen LogP contribution in [0.5, 0.6) is 5.75 Å². The molecule has 0 unspecified atom stereocenters. The molecule has 6 nitrogen and oxygen atoms in total. The summed E-state index contributed by atoms with van der Waals surface area (Å²) in [5.74, 6) is 1.80. The summed E-state index contributed by atoms with van der Waals surface area (Å²) in [5, 5.41) is 12.7. The van der Waals surface area contributed by atoms with Crippen LogP contribution < -0.4 is 10.1 Å². The van der Waals surface area contributed by atoms with Crippen molar-refractivity contribution in [2.75, 3.05) is 19.4 Å². The molecule has 0 spiro atoms. The molecule has 3 aromatic rings. The van der Waals surface area contributed by atoms with Crippen LogP contribution in [0.2, 0.25) is 5.02 Å². The molecule has 8 heteroatoms. The first kappa shape index (κ1) is 20.2. The molecule has 1 aromatic heterocycles. The lowest BCUT2D eigenvalue weighted by Crippen LogP contribution is -2.27. The summed E-state index contributed by atoms with van der Waals surface area (Å²) >= 11 is 7.28. The Hall–Kier alpha value is -2.51. The first-order chi connectivity index (χ1) is 13.6. The lowest BCUT2D eigenvalue weighted by molar-refractivity contribution is -0.118. The van der Waals surface area contributed by atoms with Gasteiger partial charge in [-0.25, -0.2) is 0 Å². The highest BCUT2D eigenvalue weighted by molar-refractivity contribution is 7.99. The highest BCUT2D eigenvalue weighted by Crippen LogP contribution is 2.23. The fraction of sp³-hybridized carbons (Fsp3) is 0.250. The lowest BCUT2D eigenvalue weighted by Gasteiger charge is -2.09. The number of thioether (sulfide) groups is 1. The highest BCUT2D eigenvalue weighted by Gasteiger charge is 2.13. The molecular weight excluding hydrogens is 396 g/mol. The third-order valence-electron chi connectivity index (χ3n) is 4.18. The number of nitrogens with one attached hydrogen (secondary N) is 1. The van der Waals surface area contributed by atoms with Crippen molar-refractivity contribution in [3.05, 3.63) is 59.1 Å². The van der Waals surface area contributed by atoms with E-state index in [2.05, 4.69) is 15.5 Å². The van der Waals surface area contributed by atoms with E-state index in [1.54, 1.807) is 7.11 Å². The zero-order chi connectivity index (χ0) is 19.9. The zero-order valence-electron chi connectivity index (χ0n) is 15.7. The number of ether oxygens (including phenoxy) is 1. The summed E-state index contributed by atoms with van der Waals surface area (Å²) in [6, 6.07) is 15.2. The van der Waals surface area contributed by atoms with Crippen LogP contribution in [0.4, 0.5) is 0 Å². The minimum Gasteiger partial charge on any atom is -0.496 e. The molecule has 0 aliphatic heterocycles. The van der Waals surface area contributed by atoms with Crippen molar-refractivity contribution in [1.82, 2.24) is 20.1 Å². The number of carbonyl (C=O) groups is 1. The van der Waals surface area contributed by atoms with Crippen LogP contribution in [0.15, 0.2) is 53.7 Å². The zero-order valence-corrected chi connectivity index (χ0v) is 17.3. The smallest absolute Gasteiger partial charge is 0.230 e. The number of amides is 1. The molecule has 3 rings (SSSR count). The molecule has 1 amide bonds. The first-order valence-corrected chi connectivity index (χ1v) is 10.1. The maximum absolute atomic E-state index is 12.2. The number of aromatic nitrogens is 3. The van der Waals surface area contributed by atoms with Crippen molar-refractivity contribution < 1.29 is 9.53 Å². The molecule has 1 N–H and O–H groups in total. The standard InChI is InChI=1S/C20H21ClN4O2S/c1-25-19(15-7-9-16(21)10-8-15)23-24-20(25)28-13-18(26)22-12-11-14-5-3-4-6-17(14)27-2/h3-10H,11-13H2,1-2H3,(H,22,26). The van der Waals surface area contributed by atoms with Gasteiger partial charge in [-0.05, 0) is 42.3 Å². The lowest BCUT2D eigenvalue weighted by atomic mass is 10.1. The van der Waals surface area contributed by atoms with Gasteiger partial charge in [-0.2, -0.15) is 0 Å². The van der Waals surface area contributed by atoms with Gasteiger partial charge in [0.2, 0.25) is 5.91 Å². The van der Waals surface area contributed by atoms with Gasteiger partial charge in [0.05, 0.1) is 12.9 Å². The van der Waals surface area contributed by atoms with E-state index in [1.165, 1.54) is 11.8 Å². The first-order valence-electron chi connectivity index (χ1n) is 8.75. The molecule has 0 atom stereocenters. The average molecular weight is 417 g/mol. The van der Waals surface area contributed by atoms with Gasteiger partial charge in [-0.3, -0.25) is 4.79 Å². The summed E-state index contributed by atoms with van der Waals surface area (Å²) in [6.07, 6.45) is 0.713. The Morgan fingerprint density at radius 1 is 1.18 bits per heavy atom. The maximum atomic E-state index is 12.2. The molecule has 1 heterocycles. The Labute approximate surface area is 173 Å². The molecule has 0 saturated heterocycles. The van der Waals surface area contributed by atoms with Gasteiger partial charge in [-0.15, -0.1) is 10.2 Å². The number of hydrogen-bond acceptors (Lipinski definition) is 5. The second kappa shape index (κ2) is 9.61. The number of halogens is 1. The topological polar surface area (TPSA) is 69.0 Å². The second-order valence-corrected chi connectivity index (χ2v) is 7.45. The van der Waals surface area contributed by atoms with Gasteiger partial charge >= 0.3 is 0 Å². The Morgan fingerprint density at radius 3 is 2.68 bits per heavy atom. The molecule has 0 bridgehead atoms. The van der Waals surface area contributed by atoms with Crippen LogP contribution in [-0.4, -0.2) is 40.1 Å². The summed E-state index contributed by atoms with van der Waals surface area (Å²) in [6.45, 7) is 0.550. The van der Waals surface area contributed by atoms with Gasteiger partial charge in [0.1, 0.15) is 5.75 Å². The number of hydrogen-bond donors (Lipinski definition) is 1. The van der Waals surface area contributed by atoms with Crippen LogP contribution in [0, 0.1) is 0 Å². The van der Waals surface area contributed by atoms with E-state index in [4.69, 9.17) is 16.3 Å². The fourth-order valence-electron chi connectivity index (χ4n) is 2.72. The molecule has 0 saturated carbocycles. The Balaban J connectivity index is 1.50.